The van der Waals surface area contributed by atoms with Crippen molar-refractivity contribution in [1.82, 2.24) is 15.1 Å². The van der Waals surface area contributed by atoms with Crippen LogP contribution in [-0.4, -0.2) is 60.6 Å². The van der Waals surface area contributed by atoms with Crippen LogP contribution in [0.3, 0.4) is 0 Å². The monoisotopic (exact) mass is 253 g/mol. The van der Waals surface area contributed by atoms with E-state index in [2.05, 4.69) is 35.9 Å². The van der Waals surface area contributed by atoms with Crippen LogP contribution in [0.25, 0.3) is 0 Å². The summed E-state index contributed by atoms with van der Waals surface area (Å²) >= 11 is 0. The smallest absolute Gasteiger partial charge is 0.0235 e. The second-order valence-electron chi connectivity index (χ2n) is 6.65. The molecule has 0 amide bonds. The molecular weight excluding hydrogens is 222 g/mol. The Morgan fingerprint density at radius 2 is 1.89 bits per heavy atom. The summed E-state index contributed by atoms with van der Waals surface area (Å²) in [6, 6.07) is 0.853. The first-order valence-electron chi connectivity index (χ1n) is 7.82. The lowest BCUT2D eigenvalue weighted by Crippen LogP contribution is -2.43. The van der Waals surface area contributed by atoms with Crippen LogP contribution in [0.4, 0.5) is 0 Å². The van der Waals surface area contributed by atoms with Gasteiger partial charge in [-0.1, -0.05) is 6.92 Å². The highest BCUT2D eigenvalue weighted by Crippen LogP contribution is 2.20. The van der Waals surface area contributed by atoms with Crippen LogP contribution < -0.4 is 5.32 Å². The number of rotatable bonds is 6. The standard InChI is InChI=1S/C15H31N3/c1-4-15(2,3)16-8-12-17-11-7-14(13-17)18-9-5-6-10-18/h14,16H,4-13H2,1-3H3. The maximum Gasteiger partial charge on any atom is 0.0235 e. The molecule has 0 saturated carbocycles. The first-order valence-corrected chi connectivity index (χ1v) is 7.82. The highest BCUT2D eigenvalue weighted by atomic mass is 15.3. The van der Waals surface area contributed by atoms with Crippen molar-refractivity contribution in [2.75, 3.05) is 39.3 Å². The van der Waals surface area contributed by atoms with Crippen molar-refractivity contribution < 1.29 is 0 Å². The van der Waals surface area contributed by atoms with Crippen LogP contribution in [0.2, 0.25) is 0 Å². The Hall–Kier alpha value is -0.120. The van der Waals surface area contributed by atoms with Crippen molar-refractivity contribution in [1.29, 1.82) is 0 Å². The molecule has 0 spiro atoms. The quantitative estimate of drug-likeness (QED) is 0.780. The fourth-order valence-electron chi connectivity index (χ4n) is 3.10. The van der Waals surface area contributed by atoms with E-state index in [1.165, 1.54) is 58.4 Å². The van der Waals surface area contributed by atoms with Gasteiger partial charge in [0.15, 0.2) is 0 Å². The number of likely N-dealkylation sites (tertiary alicyclic amines) is 2. The predicted molar refractivity (Wildman–Crippen MR) is 78.0 cm³/mol. The molecule has 0 aliphatic carbocycles. The number of hydrogen-bond donors (Lipinski definition) is 1. The third-order valence-electron chi connectivity index (χ3n) is 4.82. The maximum absolute atomic E-state index is 3.66. The van der Waals surface area contributed by atoms with Gasteiger partial charge in [-0.25, -0.2) is 0 Å². The van der Waals surface area contributed by atoms with Crippen LogP contribution >= 0.6 is 0 Å². The van der Waals surface area contributed by atoms with Gasteiger partial charge in [0.25, 0.3) is 0 Å². The largest absolute Gasteiger partial charge is 0.311 e. The Labute approximate surface area is 113 Å². The summed E-state index contributed by atoms with van der Waals surface area (Å²) in [6.07, 6.45) is 5.42. The van der Waals surface area contributed by atoms with Crippen molar-refractivity contribution in [2.24, 2.45) is 0 Å². The van der Waals surface area contributed by atoms with Crippen LogP contribution in [0.1, 0.15) is 46.5 Å². The number of nitrogens with one attached hydrogen (secondary N) is 1. The Bertz CT molecular complexity index is 246. The van der Waals surface area contributed by atoms with Gasteiger partial charge in [-0.3, -0.25) is 4.90 Å². The van der Waals surface area contributed by atoms with Gasteiger partial charge in [0.05, 0.1) is 0 Å². The average Bonchev–Trinajstić information content (AvgIpc) is 2.98. The molecule has 0 aromatic rings. The molecule has 3 heteroatoms. The first-order chi connectivity index (χ1) is 8.61. The van der Waals surface area contributed by atoms with Gasteiger partial charge in [-0.2, -0.15) is 0 Å². The topological polar surface area (TPSA) is 18.5 Å². The van der Waals surface area contributed by atoms with Crippen molar-refractivity contribution in [3.05, 3.63) is 0 Å². The fraction of sp³-hybridized carbons (Fsp3) is 1.00. The van der Waals surface area contributed by atoms with Crippen molar-refractivity contribution in [3.63, 3.8) is 0 Å². The summed E-state index contributed by atoms with van der Waals surface area (Å²) in [5.41, 5.74) is 0.300. The molecule has 1 unspecified atom stereocenters. The third kappa shape index (κ3) is 3.94. The molecular formula is C15H31N3. The van der Waals surface area contributed by atoms with Crippen molar-refractivity contribution >= 4 is 0 Å². The van der Waals surface area contributed by atoms with E-state index in [0.29, 0.717) is 5.54 Å². The summed E-state index contributed by atoms with van der Waals surface area (Å²) < 4.78 is 0. The molecule has 2 fully saturated rings. The molecule has 2 saturated heterocycles. The van der Waals surface area contributed by atoms with Crippen LogP contribution in [0, 0.1) is 0 Å². The van der Waals surface area contributed by atoms with Gasteiger partial charge >= 0.3 is 0 Å². The molecule has 2 rings (SSSR count). The summed E-state index contributed by atoms with van der Waals surface area (Å²) in [6.45, 7) is 14.5. The Morgan fingerprint density at radius 3 is 2.56 bits per heavy atom. The molecule has 1 atom stereocenters. The van der Waals surface area contributed by atoms with E-state index in [1.807, 2.05) is 0 Å². The Morgan fingerprint density at radius 1 is 1.17 bits per heavy atom. The van der Waals surface area contributed by atoms with Gasteiger partial charge in [-0.15, -0.1) is 0 Å². The van der Waals surface area contributed by atoms with E-state index in [-0.39, 0.29) is 0 Å². The van der Waals surface area contributed by atoms with Gasteiger partial charge in [0.2, 0.25) is 0 Å². The van der Waals surface area contributed by atoms with Gasteiger partial charge in [0.1, 0.15) is 0 Å². The molecule has 2 aliphatic heterocycles. The molecule has 2 aliphatic rings. The summed E-state index contributed by atoms with van der Waals surface area (Å²) in [5.74, 6) is 0. The fourth-order valence-corrected chi connectivity index (χ4v) is 3.10. The van der Waals surface area contributed by atoms with E-state index in [9.17, 15) is 0 Å². The predicted octanol–water partition coefficient (Wildman–Crippen LogP) is 1.93. The van der Waals surface area contributed by atoms with Crippen LogP contribution in [-0.2, 0) is 0 Å². The van der Waals surface area contributed by atoms with Gasteiger partial charge < -0.3 is 10.2 Å². The summed E-state index contributed by atoms with van der Waals surface area (Å²) in [7, 11) is 0. The molecule has 0 aromatic heterocycles. The summed E-state index contributed by atoms with van der Waals surface area (Å²) in [5, 5.41) is 3.66. The minimum Gasteiger partial charge on any atom is -0.311 e. The molecule has 0 bridgehead atoms. The zero-order chi connectivity index (χ0) is 13.0. The van der Waals surface area contributed by atoms with E-state index in [1.54, 1.807) is 0 Å². The lowest BCUT2D eigenvalue weighted by atomic mass is 10.0. The minimum absolute atomic E-state index is 0.300. The molecule has 18 heavy (non-hydrogen) atoms. The SMILES string of the molecule is CCC(C)(C)NCCN1CCC(N2CCCC2)C1. The molecule has 3 nitrogen and oxygen atoms in total. The summed E-state index contributed by atoms with van der Waals surface area (Å²) in [4.78, 5) is 5.35. The van der Waals surface area contributed by atoms with E-state index < -0.39 is 0 Å². The van der Waals surface area contributed by atoms with E-state index in [4.69, 9.17) is 0 Å². The molecule has 2 heterocycles. The number of nitrogens with zero attached hydrogens (tertiary/aromatic N) is 2. The second-order valence-corrected chi connectivity index (χ2v) is 6.65. The maximum atomic E-state index is 3.66. The molecule has 0 aromatic carbocycles. The van der Waals surface area contributed by atoms with Crippen molar-refractivity contribution in [3.8, 4) is 0 Å². The molecule has 106 valence electrons. The minimum atomic E-state index is 0.300. The number of hydrogen-bond acceptors (Lipinski definition) is 3. The van der Waals surface area contributed by atoms with Gasteiger partial charge in [0, 0.05) is 31.2 Å². The van der Waals surface area contributed by atoms with Crippen molar-refractivity contribution in [2.45, 2.75) is 58.0 Å². The highest BCUT2D eigenvalue weighted by Gasteiger charge is 2.28. The van der Waals surface area contributed by atoms with Gasteiger partial charge in [-0.05, 0) is 59.2 Å². The second kappa shape index (κ2) is 6.36. The Kier molecular flexibility index (Phi) is 5.05. The van der Waals surface area contributed by atoms with E-state index >= 15 is 0 Å². The average molecular weight is 253 g/mol. The first kappa shape index (κ1) is 14.3. The lowest BCUT2D eigenvalue weighted by Gasteiger charge is -2.27. The molecule has 0 radical (unpaired) electrons. The van der Waals surface area contributed by atoms with E-state index in [0.717, 1.165) is 12.6 Å². The normalized spacial score (nSPS) is 27.2. The Balaban J connectivity index is 1.63. The zero-order valence-electron chi connectivity index (χ0n) is 12.5. The molecule has 1 N–H and O–H groups in total. The zero-order valence-corrected chi connectivity index (χ0v) is 12.5. The third-order valence-corrected chi connectivity index (χ3v) is 4.82. The van der Waals surface area contributed by atoms with Crippen LogP contribution in [0.5, 0.6) is 0 Å². The lowest BCUT2D eigenvalue weighted by molar-refractivity contribution is 0.229. The van der Waals surface area contributed by atoms with Crippen LogP contribution in [0.15, 0.2) is 0 Å². The highest BCUT2D eigenvalue weighted by molar-refractivity contribution is 4.86.